The molecule has 1 amide bonds. The average molecular weight is 305 g/mol. The third kappa shape index (κ3) is 2.96. The van der Waals surface area contributed by atoms with Gasteiger partial charge < -0.3 is 10.6 Å². The van der Waals surface area contributed by atoms with E-state index in [9.17, 15) is 10.1 Å². The molecule has 1 atom stereocenters. The van der Waals surface area contributed by atoms with Gasteiger partial charge in [0.15, 0.2) is 0 Å². The summed E-state index contributed by atoms with van der Waals surface area (Å²) in [6.45, 7) is 2.56. The minimum absolute atomic E-state index is 0.0445. The lowest BCUT2D eigenvalue weighted by atomic mass is 9.99. The normalized spacial score (nSPS) is 14.2. The molecule has 116 valence electrons. The first-order chi connectivity index (χ1) is 11.1. The van der Waals surface area contributed by atoms with Crippen molar-refractivity contribution in [3.05, 3.63) is 64.7 Å². The summed E-state index contributed by atoms with van der Waals surface area (Å²) in [5.41, 5.74) is 9.94. The summed E-state index contributed by atoms with van der Waals surface area (Å²) in [6.07, 6.45) is 1.50. The molecule has 2 aromatic rings. The van der Waals surface area contributed by atoms with Gasteiger partial charge in [-0.15, -0.1) is 0 Å². The molecule has 0 saturated carbocycles. The van der Waals surface area contributed by atoms with Gasteiger partial charge in [0.2, 0.25) is 0 Å². The molecule has 23 heavy (non-hydrogen) atoms. The minimum atomic E-state index is -0.0548. The first kappa shape index (κ1) is 15.3. The number of anilines is 1. The molecule has 2 N–H and O–H groups in total. The fourth-order valence-corrected chi connectivity index (χ4v) is 3.13. The van der Waals surface area contributed by atoms with Gasteiger partial charge in [-0.25, -0.2) is 0 Å². The van der Waals surface area contributed by atoms with Crippen LogP contribution in [-0.2, 0) is 12.8 Å². The highest BCUT2D eigenvalue weighted by molar-refractivity contribution is 6.08. The summed E-state index contributed by atoms with van der Waals surface area (Å²) >= 11 is 0. The SMILES string of the molecule is C[C@@H](N)Cc1cc(C#N)c2c(c1)CCN2C(=O)c1ccccc1. The summed E-state index contributed by atoms with van der Waals surface area (Å²) in [4.78, 5) is 14.5. The number of hydrogen-bond acceptors (Lipinski definition) is 3. The van der Waals surface area contributed by atoms with Gasteiger partial charge in [-0.3, -0.25) is 4.79 Å². The molecular weight excluding hydrogens is 286 g/mol. The summed E-state index contributed by atoms with van der Waals surface area (Å²) in [5, 5.41) is 9.51. The molecule has 1 aliphatic rings. The Kier molecular flexibility index (Phi) is 4.14. The number of nitrogens with two attached hydrogens (primary N) is 1. The Bertz CT molecular complexity index is 775. The van der Waals surface area contributed by atoms with Crippen LogP contribution in [-0.4, -0.2) is 18.5 Å². The van der Waals surface area contributed by atoms with Crippen molar-refractivity contribution in [2.75, 3.05) is 11.4 Å². The molecule has 0 unspecified atom stereocenters. The molecule has 4 heteroatoms. The molecular formula is C19H19N3O. The molecule has 0 bridgehead atoms. The van der Waals surface area contributed by atoms with Crippen LogP contribution in [0.2, 0.25) is 0 Å². The zero-order valence-electron chi connectivity index (χ0n) is 13.1. The van der Waals surface area contributed by atoms with Crippen LogP contribution in [0.5, 0.6) is 0 Å². The summed E-state index contributed by atoms with van der Waals surface area (Å²) < 4.78 is 0. The second-order valence-electron chi connectivity index (χ2n) is 6.02. The predicted molar refractivity (Wildman–Crippen MR) is 90.3 cm³/mol. The second-order valence-corrected chi connectivity index (χ2v) is 6.02. The number of amides is 1. The van der Waals surface area contributed by atoms with Crippen molar-refractivity contribution < 1.29 is 4.79 Å². The van der Waals surface area contributed by atoms with Gasteiger partial charge in [-0.1, -0.05) is 24.3 Å². The van der Waals surface area contributed by atoms with Crippen LogP contribution in [0.15, 0.2) is 42.5 Å². The van der Waals surface area contributed by atoms with Gasteiger partial charge in [-0.05, 0) is 49.1 Å². The highest BCUT2D eigenvalue weighted by Crippen LogP contribution is 2.34. The van der Waals surface area contributed by atoms with E-state index in [4.69, 9.17) is 5.73 Å². The van der Waals surface area contributed by atoms with E-state index in [-0.39, 0.29) is 11.9 Å². The topological polar surface area (TPSA) is 70.1 Å². The molecule has 0 fully saturated rings. The van der Waals surface area contributed by atoms with Crippen LogP contribution >= 0.6 is 0 Å². The van der Waals surface area contributed by atoms with Crippen molar-refractivity contribution >= 4 is 11.6 Å². The van der Waals surface area contributed by atoms with E-state index in [0.717, 1.165) is 29.7 Å². The van der Waals surface area contributed by atoms with Gasteiger partial charge in [-0.2, -0.15) is 5.26 Å². The van der Waals surface area contributed by atoms with Crippen LogP contribution in [0.4, 0.5) is 5.69 Å². The molecule has 0 aromatic heterocycles. The quantitative estimate of drug-likeness (QED) is 0.947. The summed E-state index contributed by atoms with van der Waals surface area (Å²) in [5.74, 6) is -0.0548. The number of carbonyl (C=O) groups excluding carboxylic acids is 1. The Morgan fingerprint density at radius 1 is 1.35 bits per heavy atom. The van der Waals surface area contributed by atoms with E-state index in [1.807, 2.05) is 31.2 Å². The van der Waals surface area contributed by atoms with Crippen molar-refractivity contribution in [3.8, 4) is 6.07 Å². The number of hydrogen-bond donors (Lipinski definition) is 1. The lowest BCUT2D eigenvalue weighted by Crippen LogP contribution is -2.29. The van der Waals surface area contributed by atoms with Crippen molar-refractivity contribution in [2.24, 2.45) is 5.73 Å². The van der Waals surface area contributed by atoms with Crippen molar-refractivity contribution in [1.29, 1.82) is 5.26 Å². The third-order valence-corrected chi connectivity index (χ3v) is 4.07. The number of carbonyl (C=O) groups is 1. The maximum atomic E-state index is 12.7. The lowest BCUT2D eigenvalue weighted by molar-refractivity contribution is 0.0989. The molecule has 1 aliphatic heterocycles. The van der Waals surface area contributed by atoms with Gasteiger partial charge >= 0.3 is 0 Å². The number of nitrogens with zero attached hydrogens (tertiary/aromatic N) is 2. The second kappa shape index (κ2) is 6.23. The van der Waals surface area contributed by atoms with Crippen LogP contribution < -0.4 is 10.6 Å². The third-order valence-electron chi connectivity index (χ3n) is 4.07. The smallest absolute Gasteiger partial charge is 0.258 e. The first-order valence-electron chi connectivity index (χ1n) is 7.78. The highest BCUT2D eigenvalue weighted by Gasteiger charge is 2.28. The summed E-state index contributed by atoms with van der Waals surface area (Å²) in [7, 11) is 0. The molecule has 0 radical (unpaired) electrons. The molecule has 4 nitrogen and oxygen atoms in total. The Morgan fingerprint density at radius 3 is 2.74 bits per heavy atom. The number of rotatable bonds is 3. The van der Waals surface area contributed by atoms with E-state index < -0.39 is 0 Å². The number of nitriles is 1. The van der Waals surface area contributed by atoms with Crippen LogP contribution in [0.3, 0.4) is 0 Å². The van der Waals surface area contributed by atoms with Gasteiger partial charge in [0.25, 0.3) is 5.91 Å². The van der Waals surface area contributed by atoms with Gasteiger partial charge in [0.05, 0.1) is 11.3 Å². The van der Waals surface area contributed by atoms with Crippen molar-refractivity contribution in [2.45, 2.75) is 25.8 Å². The Balaban J connectivity index is 1.99. The number of benzene rings is 2. The standard InChI is InChI=1S/C19H19N3O/c1-13(21)9-14-10-16-7-8-22(18(16)17(11-14)12-20)19(23)15-5-3-2-4-6-15/h2-6,10-11,13H,7-9,21H2,1H3/t13-/m1/s1. The fraction of sp³-hybridized carbons (Fsp3) is 0.263. The molecule has 3 rings (SSSR count). The Hall–Kier alpha value is -2.64. The average Bonchev–Trinajstić information content (AvgIpc) is 2.97. The predicted octanol–water partition coefficient (Wildman–Crippen LogP) is 2.65. The zero-order chi connectivity index (χ0) is 16.4. The van der Waals surface area contributed by atoms with Gasteiger partial charge in [0, 0.05) is 18.2 Å². The van der Waals surface area contributed by atoms with E-state index in [0.29, 0.717) is 17.7 Å². The van der Waals surface area contributed by atoms with Gasteiger partial charge in [0.1, 0.15) is 6.07 Å². The molecule has 2 aromatic carbocycles. The molecule has 0 saturated heterocycles. The van der Waals surface area contributed by atoms with E-state index in [2.05, 4.69) is 12.1 Å². The Morgan fingerprint density at radius 2 is 2.09 bits per heavy atom. The molecule has 0 spiro atoms. The van der Waals surface area contributed by atoms with Crippen LogP contribution in [0.1, 0.15) is 34.0 Å². The summed E-state index contributed by atoms with van der Waals surface area (Å²) in [6, 6.07) is 15.4. The van der Waals surface area contributed by atoms with E-state index >= 15 is 0 Å². The first-order valence-corrected chi connectivity index (χ1v) is 7.78. The molecule has 0 aliphatic carbocycles. The van der Waals surface area contributed by atoms with Crippen LogP contribution in [0, 0.1) is 11.3 Å². The van der Waals surface area contributed by atoms with E-state index in [1.165, 1.54) is 0 Å². The van der Waals surface area contributed by atoms with Crippen LogP contribution in [0.25, 0.3) is 0 Å². The van der Waals surface area contributed by atoms with Crippen molar-refractivity contribution in [3.63, 3.8) is 0 Å². The largest absolute Gasteiger partial charge is 0.328 e. The Labute approximate surface area is 136 Å². The van der Waals surface area contributed by atoms with Crippen molar-refractivity contribution in [1.82, 2.24) is 0 Å². The molecule has 1 heterocycles. The maximum Gasteiger partial charge on any atom is 0.258 e. The van der Waals surface area contributed by atoms with E-state index in [1.54, 1.807) is 17.0 Å². The maximum absolute atomic E-state index is 12.7. The number of fused-ring (bicyclic) bond motifs is 1. The monoisotopic (exact) mass is 305 g/mol. The highest BCUT2D eigenvalue weighted by atomic mass is 16.2. The minimum Gasteiger partial charge on any atom is -0.328 e. The fourth-order valence-electron chi connectivity index (χ4n) is 3.13. The zero-order valence-corrected chi connectivity index (χ0v) is 13.1. The lowest BCUT2D eigenvalue weighted by Gasteiger charge is -2.19.